The summed E-state index contributed by atoms with van der Waals surface area (Å²) in [5.74, 6) is -1.00. The van der Waals surface area contributed by atoms with Crippen LogP contribution in [0.15, 0.2) is 28.9 Å². The van der Waals surface area contributed by atoms with Crippen LogP contribution in [0, 0.1) is 5.82 Å². The van der Waals surface area contributed by atoms with Gasteiger partial charge in [-0.3, -0.25) is 4.98 Å². The van der Waals surface area contributed by atoms with Crippen LogP contribution >= 0.6 is 15.9 Å². The van der Waals surface area contributed by atoms with E-state index >= 15 is 0 Å². The van der Waals surface area contributed by atoms with Gasteiger partial charge in [-0.2, -0.15) is 0 Å². The molecule has 66 valence electrons. The Balaban J connectivity index is 2.97. The molecule has 2 nitrogen and oxygen atoms in total. The van der Waals surface area contributed by atoms with Crippen molar-refractivity contribution in [2.24, 2.45) is 0 Å². The average molecular weight is 242 g/mol. The Morgan fingerprint density at radius 3 is 3.00 bits per heavy atom. The maximum atomic E-state index is 13.0. The van der Waals surface area contributed by atoms with E-state index in [1.807, 2.05) is 0 Å². The monoisotopic (exact) mass is 241 g/mol. The van der Waals surface area contributed by atoms with Crippen LogP contribution in [0.3, 0.4) is 0 Å². The van der Waals surface area contributed by atoms with E-state index in [1.54, 1.807) is 18.3 Å². The number of phenolic OH excluding ortho intramolecular Hbond substituents is 1. The molecular formula is C9H5BrFNO. The molecule has 0 aliphatic carbocycles. The summed E-state index contributed by atoms with van der Waals surface area (Å²) in [6.45, 7) is 0. The van der Waals surface area contributed by atoms with Crippen molar-refractivity contribution in [1.82, 2.24) is 4.98 Å². The van der Waals surface area contributed by atoms with E-state index in [-0.39, 0.29) is 5.75 Å². The predicted molar refractivity (Wildman–Crippen MR) is 51.1 cm³/mol. The first-order valence-corrected chi connectivity index (χ1v) is 4.41. The maximum Gasteiger partial charge on any atom is 0.166 e. The molecule has 0 fully saturated rings. The van der Waals surface area contributed by atoms with Crippen LogP contribution in [0.1, 0.15) is 0 Å². The first-order chi connectivity index (χ1) is 6.20. The number of phenols is 1. The molecule has 0 unspecified atom stereocenters. The quantitative estimate of drug-likeness (QED) is 0.770. The minimum absolute atomic E-state index is 0.355. The normalized spacial score (nSPS) is 10.6. The van der Waals surface area contributed by atoms with Gasteiger partial charge in [0, 0.05) is 16.1 Å². The lowest BCUT2D eigenvalue weighted by Crippen LogP contribution is -1.84. The second kappa shape index (κ2) is 2.96. The van der Waals surface area contributed by atoms with Crippen LogP contribution in [-0.2, 0) is 0 Å². The lowest BCUT2D eigenvalue weighted by molar-refractivity contribution is 0.438. The van der Waals surface area contributed by atoms with Crippen molar-refractivity contribution in [3.05, 3.63) is 34.7 Å². The molecule has 1 aromatic carbocycles. The van der Waals surface area contributed by atoms with Crippen LogP contribution in [-0.4, -0.2) is 10.1 Å². The summed E-state index contributed by atoms with van der Waals surface area (Å²) in [6.07, 6.45) is 1.59. The van der Waals surface area contributed by atoms with E-state index in [0.717, 1.165) is 0 Å². The fourth-order valence-electron chi connectivity index (χ4n) is 1.16. The topological polar surface area (TPSA) is 33.1 Å². The summed E-state index contributed by atoms with van der Waals surface area (Å²) in [6, 6.07) is 4.46. The number of fused-ring (bicyclic) bond motifs is 1. The summed E-state index contributed by atoms with van der Waals surface area (Å²) in [4.78, 5) is 4.01. The van der Waals surface area contributed by atoms with Gasteiger partial charge in [-0.25, -0.2) is 4.39 Å². The molecule has 0 bridgehead atoms. The molecule has 0 atom stereocenters. The maximum absolute atomic E-state index is 13.0. The van der Waals surface area contributed by atoms with Gasteiger partial charge in [0.1, 0.15) is 0 Å². The Kier molecular flexibility index (Phi) is 1.92. The van der Waals surface area contributed by atoms with E-state index in [2.05, 4.69) is 20.9 Å². The van der Waals surface area contributed by atoms with Crippen molar-refractivity contribution >= 4 is 26.8 Å². The Morgan fingerprint density at radius 2 is 2.23 bits per heavy atom. The Morgan fingerprint density at radius 1 is 1.46 bits per heavy atom. The fraction of sp³-hybridized carbons (Fsp3) is 0. The minimum Gasteiger partial charge on any atom is -0.504 e. The molecule has 1 heterocycles. The highest BCUT2D eigenvalue weighted by Crippen LogP contribution is 2.31. The fourth-order valence-corrected chi connectivity index (χ4v) is 1.68. The summed E-state index contributed by atoms with van der Waals surface area (Å²) in [5, 5.41) is 9.76. The molecule has 0 amide bonds. The molecule has 0 saturated carbocycles. The predicted octanol–water partition coefficient (Wildman–Crippen LogP) is 2.84. The standard InChI is InChI=1S/C9H5BrFNO/c10-6-4-7(11)9(13)5-2-1-3-12-8(5)6/h1-4,13H. The van der Waals surface area contributed by atoms with Crippen molar-refractivity contribution in [3.63, 3.8) is 0 Å². The number of hydrogen-bond donors (Lipinski definition) is 1. The van der Waals surface area contributed by atoms with Gasteiger partial charge in [-0.15, -0.1) is 0 Å². The molecule has 0 spiro atoms. The zero-order chi connectivity index (χ0) is 9.42. The van der Waals surface area contributed by atoms with E-state index < -0.39 is 5.82 Å². The van der Waals surface area contributed by atoms with Crippen LogP contribution in [0.4, 0.5) is 4.39 Å². The number of nitrogens with zero attached hydrogens (tertiary/aromatic N) is 1. The van der Waals surface area contributed by atoms with Gasteiger partial charge in [0.15, 0.2) is 11.6 Å². The largest absolute Gasteiger partial charge is 0.504 e. The molecule has 1 aromatic heterocycles. The first-order valence-electron chi connectivity index (χ1n) is 3.62. The molecule has 1 N–H and O–H groups in total. The molecule has 13 heavy (non-hydrogen) atoms. The number of pyridine rings is 1. The highest BCUT2D eigenvalue weighted by Gasteiger charge is 2.09. The second-order valence-electron chi connectivity index (χ2n) is 2.59. The smallest absolute Gasteiger partial charge is 0.166 e. The van der Waals surface area contributed by atoms with Crippen LogP contribution < -0.4 is 0 Å². The second-order valence-corrected chi connectivity index (χ2v) is 3.44. The highest BCUT2D eigenvalue weighted by atomic mass is 79.9. The number of rotatable bonds is 0. The zero-order valence-corrected chi connectivity index (χ0v) is 8.05. The van der Waals surface area contributed by atoms with Crippen molar-refractivity contribution in [1.29, 1.82) is 0 Å². The lowest BCUT2D eigenvalue weighted by Gasteiger charge is -2.02. The van der Waals surface area contributed by atoms with Gasteiger partial charge >= 0.3 is 0 Å². The van der Waals surface area contributed by atoms with E-state index in [9.17, 15) is 9.50 Å². The highest BCUT2D eigenvalue weighted by molar-refractivity contribution is 9.10. The third-order valence-electron chi connectivity index (χ3n) is 1.77. The van der Waals surface area contributed by atoms with Gasteiger partial charge in [0.05, 0.1) is 5.52 Å². The average Bonchev–Trinajstić information content (AvgIpc) is 2.15. The summed E-state index contributed by atoms with van der Waals surface area (Å²) < 4.78 is 13.5. The molecule has 0 radical (unpaired) electrons. The molecule has 0 aliphatic rings. The van der Waals surface area contributed by atoms with Crippen molar-refractivity contribution in [2.75, 3.05) is 0 Å². The van der Waals surface area contributed by atoms with Crippen molar-refractivity contribution in [2.45, 2.75) is 0 Å². The van der Waals surface area contributed by atoms with Gasteiger partial charge < -0.3 is 5.11 Å². The number of hydrogen-bond acceptors (Lipinski definition) is 2. The summed E-state index contributed by atoms with van der Waals surface area (Å²) in [5.41, 5.74) is 0.557. The number of aromatic hydroxyl groups is 1. The summed E-state index contributed by atoms with van der Waals surface area (Å²) in [7, 11) is 0. The molecule has 0 aliphatic heterocycles. The van der Waals surface area contributed by atoms with E-state index in [1.165, 1.54) is 6.07 Å². The zero-order valence-electron chi connectivity index (χ0n) is 6.46. The van der Waals surface area contributed by atoms with Gasteiger partial charge in [0.2, 0.25) is 0 Å². The molecule has 4 heteroatoms. The van der Waals surface area contributed by atoms with Crippen LogP contribution in [0.25, 0.3) is 10.9 Å². The van der Waals surface area contributed by atoms with E-state index in [4.69, 9.17) is 0 Å². The Hall–Kier alpha value is -1.16. The molecule has 2 aromatic rings. The van der Waals surface area contributed by atoms with E-state index in [0.29, 0.717) is 15.4 Å². The van der Waals surface area contributed by atoms with Crippen LogP contribution in [0.2, 0.25) is 0 Å². The Bertz CT molecular complexity index is 472. The van der Waals surface area contributed by atoms with Gasteiger partial charge in [-0.05, 0) is 34.1 Å². The molecular weight excluding hydrogens is 237 g/mol. The Labute approximate surface area is 82.2 Å². The number of benzene rings is 1. The van der Waals surface area contributed by atoms with Crippen molar-refractivity contribution in [3.8, 4) is 5.75 Å². The number of aromatic nitrogens is 1. The van der Waals surface area contributed by atoms with Gasteiger partial charge in [-0.1, -0.05) is 0 Å². The SMILES string of the molecule is Oc1c(F)cc(Br)c2ncccc12. The third kappa shape index (κ3) is 1.27. The summed E-state index contributed by atoms with van der Waals surface area (Å²) >= 11 is 3.17. The lowest BCUT2D eigenvalue weighted by atomic mass is 10.2. The van der Waals surface area contributed by atoms with Crippen molar-refractivity contribution < 1.29 is 9.50 Å². The first kappa shape index (κ1) is 8.44. The minimum atomic E-state index is -0.646. The van der Waals surface area contributed by atoms with Crippen LogP contribution in [0.5, 0.6) is 5.75 Å². The molecule has 2 rings (SSSR count). The number of halogens is 2. The molecule has 0 saturated heterocycles. The third-order valence-corrected chi connectivity index (χ3v) is 2.37. The van der Waals surface area contributed by atoms with Gasteiger partial charge in [0.25, 0.3) is 0 Å².